The molecule has 44 heavy (non-hydrogen) atoms. The fourth-order valence-corrected chi connectivity index (χ4v) is 6.39. The molecule has 2 aliphatic rings. The smallest absolute Gasteiger partial charge is 0.251 e. The number of nitrogens with zero attached hydrogens (tertiary/aromatic N) is 1. The van der Waals surface area contributed by atoms with Gasteiger partial charge >= 0.3 is 0 Å². The number of rotatable bonds is 8. The van der Waals surface area contributed by atoms with Crippen LogP contribution in [0.1, 0.15) is 84.1 Å². The van der Waals surface area contributed by atoms with Crippen LogP contribution in [-0.4, -0.2) is 54.3 Å². The monoisotopic (exact) mass is 601 g/mol. The molecule has 4 bridgehead atoms. The highest BCUT2D eigenvalue weighted by Gasteiger charge is 2.44. The van der Waals surface area contributed by atoms with Crippen molar-refractivity contribution in [2.24, 2.45) is 0 Å². The van der Waals surface area contributed by atoms with Crippen molar-refractivity contribution in [2.45, 2.75) is 89.9 Å². The Labute approximate surface area is 262 Å². The Morgan fingerprint density at radius 3 is 2.70 bits per heavy atom. The lowest BCUT2D eigenvalue weighted by Gasteiger charge is -2.28. The fraction of sp³-hybridized carbons (Fsp3) is 0.486. The van der Waals surface area contributed by atoms with Gasteiger partial charge in [0.2, 0.25) is 0 Å². The molecule has 5 rings (SSSR count). The van der Waals surface area contributed by atoms with Crippen molar-refractivity contribution < 1.29 is 19.0 Å². The van der Waals surface area contributed by atoms with E-state index in [9.17, 15) is 14.3 Å². The summed E-state index contributed by atoms with van der Waals surface area (Å²) in [7, 11) is 0. The molecular formula is C37H48FN3O3. The summed E-state index contributed by atoms with van der Waals surface area (Å²) in [6.45, 7) is 9.80. The van der Waals surface area contributed by atoms with Crippen LogP contribution in [0.4, 0.5) is 4.39 Å². The predicted octanol–water partition coefficient (Wildman–Crippen LogP) is 6.06. The number of aliphatic hydroxyl groups is 1. The summed E-state index contributed by atoms with van der Waals surface area (Å²) in [6, 6.07) is 18.7. The van der Waals surface area contributed by atoms with Gasteiger partial charge in [-0.3, -0.25) is 9.69 Å². The van der Waals surface area contributed by atoms with E-state index in [-0.39, 0.29) is 17.9 Å². The van der Waals surface area contributed by atoms with E-state index in [2.05, 4.69) is 59.7 Å². The minimum Gasteiger partial charge on any atom is -0.493 e. The van der Waals surface area contributed by atoms with Crippen LogP contribution in [0.3, 0.4) is 0 Å². The first kappa shape index (κ1) is 32.1. The van der Waals surface area contributed by atoms with Gasteiger partial charge in [-0.05, 0) is 111 Å². The molecule has 2 unspecified atom stereocenters. The summed E-state index contributed by atoms with van der Waals surface area (Å²) in [5, 5.41) is 18.3. The second-order valence-corrected chi connectivity index (χ2v) is 12.7. The molecule has 1 aliphatic heterocycles. The highest BCUT2D eigenvalue weighted by molar-refractivity contribution is 5.94. The first-order chi connectivity index (χ1) is 21.3. The summed E-state index contributed by atoms with van der Waals surface area (Å²) in [4.78, 5) is 16.2. The van der Waals surface area contributed by atoms with Crippen LogP contribution < -0.4 is 15.4 Å². The van der Waals surface area contributed by atoms with Gasteiger partial charge in [-0.15, -0.1) is 0 Å². The Hall–Kier alpha value is -3.26. The van der Waals surface area contributed by atoms with Crippen molar-refractivity contribution in [2.75, 3.05) is 26.2 Å². The minimum absolute atomic E-state index is 0.164. The third kappa shape index (κ3) is 8.46. The van der Waals surface area contributed by atoms with Crippen molar-refractivity contribution in [1.82, 2.24) is 15.5 Å². The maximum Gasteiger partial charge on any atom is 0.251 e. The number of carbonyl (C=O) groups is 1. The third-order valence-corrected chi connectivity index (χ3v) is 8.94. The SMILES string of the molecule is CCCN1CCCCOc2cc(F)cc(c2)CC(C(O)CNC2(c3cccc(CC)c3)CC2)NC(=O)c2cc(C)cc(c2)C1. The maximum absolute atomic E-state index is 14.7. The van der Waals surface area contributed by atoms with E-state index in [1.807, 2.05) is 25.1 Å². The van der Waals surface area contributed by atoms with Gasteiger partial charge in [0.05, 0.1) is 18.8 Å². The zero-order valence-electron chi connectivity index (χ0n) is 26.5. The van der Waals surface area contributed by atoms with Crippen LogP contribution in [0.15, 0.2) is 60.7 Å². The number of aryl methyl sites for hydroxylation is 2. The number of amides is 1. The molecule has 7 heteroatoms. The van der Waals surface area contributed by atoms with Gasteiger partial charge in [0.15, 0.2) is 0 Å². The molecule has 6 nitrogen and oxygen atoms in total. The zero-order valence-corrected chi connectivity index (χ0v) is 26.5. The van der Waals surface area contributed by atoms with Crippen LogP contribution >= 0.6 is 0 Å². The highest BCUT2D eigenvalue weighted by atomic mass is 19.1. The van der Waals surface area contributed by atoms with E-state index in [1.165, 1.54) is 23.3 Å². The molecule has 1 fully saturated rings. The van der Waals surface area contributed by atoms with Crippen LogP contribution in [-0.2, 0) is 24.9 Å². The number of fused-ring (bicyclic) bond motifs is 4. The number of hydrogen-bond donors (Lipinski definition) is 3. The molecule has 1 saturated carbocycles. The Morgan fingerprint density at radius 2 is 1.93 bits per heavy atom. The topological polar surface area (TPSA) is 73.8 Å². The summed E-state index contributed by atoms with van der Waals surface area (Å²) in [5.41, 5.74) is 5.72. The lowest BCUT2D eigenvalue weighted by molar-refractivity contribution is 0.0821. The Kier molecular flexibility index (Phi) is 10.7. The zero-order chi connectivity index (χ0) is 31.1. The molecule has 1 aliphatic carbocycles. The predicted molar refractivity (Wildman–Crippen MR) is 174 cm³/mol. The van der Waals surface area contributed by atoms with E-state index < -0.39 is 18.0 Å². The molecule has 0 spiro atoms. The number of ether oxygens (including phenoxy) is 1. The molecule has 0 radical (unpaired) electrons. The summed E-state index contributed by atoms with van der Waals surface area (Å²) < 4.78 is 20.7. The summed E-state index contributed by atoms with van der Waals surface area (Å²) in [6.07, 6.45) is 5.20. The highest BCUT2D eigenvalue weighted by Crippen LogP contribution is 2.45. The first-order valence-corrected chi connectivity index (χ1v) is 16.4. The molecule has 1 heterocycles. The Bertz CT molecular complexity index is 1420. The van der Waals surface area contributed by atoms with Crippen LogP contribution in [0.5, 0.6) is 5.75 Å². The Balaban J connectivity index is 1.40. The molecule has 3 N–H and O–H groups in total. The number of carbonyl (C=O) groups excluding carboxylic acids is 1. The van der Waals surface area contributed by atoms with Crippen molar-refractivity contribution in [3.05, 3.63) is 99.9 Å². The molecule has 3 aromatic rings. The molecule has 1 amide bonds. The maximum atomic E-state index is 14.7. The largest absolute Gasteiger partial charge is 0.493 e. The number of halogens is 1. The molecule has 2 atom stereocenters. The second kappa shape index (κ2) is 14.7. The standard InChI is InChI=1S/C37H48FN3O3/c1-4-13-41-14-6-7-15-44-33-21-28(20-32(38)23-33)22-34(40-36(43)30-17-26(3)16-29(18-30)25-41)35(42)24-39-37(11-12-37)31-10-8-9-27(5-2)19-31/h8-10,16-21,23,34-35,39,42H,4-7,11-15,22,24-25H2,1-3H3,(H,40,43). The van der Waals surface area contributed by atoms with Crippen LogP contribution in [0.2, 0.25) is 0 Å². The van der Waals surface area contributed by atoms with Crippen molar-refractivity contribution >= 4 is 5.91 Å². The van der Waals surface area contributed by atoms with E-state index in [1.54, 1.807) is 0 Å². The summed E-state index contributed by atoms with van der Waals surface area (Å²) >= 11 is 0. The van der Waals surface area contributed by atoms with E-state index in [0.717, 1.165) is 69.3 Å². The van der Waals surface area contributed by atoms with Crippen LogP contribution in [0.25, 0.3) is 0 Å². The van der Waals surface area contributed by atoms with Gasteiger partial charge in [0.25, 0.3) is 5.91 Å². The number of hydrogen-bond acceptors (Lipinski definition) is 5. The summed E-state index contributed by atoms with van der Waals surface area (Å²) in [5.74, 6) is -0.157. The van der Waals surface area contributed by atoms with Crippen molar-refractivity contribution in [3.8, 4) is 5.75 Å². The van der Waals surface area contributed by atoms with Gasteiger partial charge in [0, 0.05) is 30.3 Å². The van der Waals surface area contributed by atoms with Gasteiger partial charge in [-0.1, -0.05) is 49.7 Å². The quantitative estimate of drug-likeness (QED) is 0.293. The normalized spacial score (nSPS) is 19.8. The number of nitrogens with one attached hydrogen (secondary N) is 2. The number of benzene rings is 3. The van der Waals surface area contributed by atoms with Gasteiger partial charge < -0.3 is 20.5 Å². The molecule has 3 aromatic carbocycles. The van der Waals surface area contributed by atoms with Gasteiger partial charge in [-0.25, -0.2) is 4.39 Å². The average molecular weight is 602 g/mol. The van der Waals surface area contributed by atoms with Crippen LogP contribution in [0, 0.1) is 12.7 Å². The Morgan fingerprint density at radius 1 is 1.09 bits per heavy atom. The average Bonchev–Trinajstić information content (AvgIpc) is 3.80. The van der Waals surface area contributed by atoms with E-state index in [0.29, 0.717) is 30.0 Å². The van der Waals surface area contributed by atoms with E-state index in [4.69, 9.17) is 4.74 Å². The first-order valence-electron chi connectivity index (χ1n) is 16.4. The lowest BCUT2D eigenvalue weighted by Crippen LogP contribution is -2.50. The van der Waals surface area contributed by atoms with Gasteiger partial charge in [-0.2, -0.15) is 0 Å². The lowest BCUT2D eigenvalue weighted by atomic mass is 9.97. The fourth-order valence-electron chi connectivity index (χ4n) is 6.39. The molecule has 0 saturated heterocycles. The molecule has 236 valence electrons. The third-order valence-electron chi connectivity index (χ3n) is 8.94. The van der Waals surface area contributed by atoms with E-state index >= 15 is 0 Å². The second-order valence-electron chi connectivity index (χ2n) is 12.7. The van der Waals surface area contributed by atoms with Crippen molar-refractivity contribution in [1.29, 1.82) is 0 Å². The number of aliphatic hydroxyl groups excluding tert-OH is 1. The molecule has 0 aromatic heterocycles. The van der Waals surface area contributed by atoms with Gasteiger partial charge in [0.1, 0.15) is 11.6 Å². The minimum atomic E-state index is -0.898. The molecular weight excluding hydrogens is 553 g/mol. The van der Waals surface area contributed by atoms with Crippen molar-refractivity contribution in [3.63, 3.8) is 0 Å².